The molecule has 1 aromatic rings. The minimum atomic E-state index is -1.47. The molecule has 1 aromatic carbocycles. The normalized spacial score (nSPS) is 29.5. The summed E-state index contributed by atoms with van der Waals surface area (Å²) in [6.07, 6.45) is -0.208. The van der Waals surface area contributed by atoms with Crippen molar-refractivity contribution in [3.63, 3.8) is 0 Å². The van der Waals surface area contributed by atoms with E-state index in [-0.39, 0.29) is 48.4 Å². The molecule has 13 nitrogen and oxygen atoms in total. The lowest BCUT2D eigenvalue weighted by molar-refractivity contribution is -0.160. The molecule has 7 atom stereocenters. The standard InChI is InChI=1S/C37H44N2O11/c1-18(2)30(34(45)46)39-33(44)23(14-20-10-8-7-9-11-20)38-16-21-28-32(43)31(42)27-22-12-13-25(41)36(22,4)15-24(49-19(3)40)29(27)37(28,5)26(17-48-6)50-35(21)47/h7-11,16,18,22-24,26,30,38,43H,12-15,17H2,1-6H3,(H,39,44)(H,45,46)/b21-16+/t22-,23+,24+,26-,30-,36-,37+/m0/s1. The van der Waals surface area contributed by atoms with Gasteiger partial charge in [-0.3, -0.25) is 19.2 Å². The molecule has 5 rings (SSSR count). The van der Waals surface area contributed by atoms with Gasteiger partial charge < -0.3 is 35.1 Å². The highest BCUT2D eigenvalue weighted by Crippen LogP contribution is 2.62. The van der Waals surface area contributed by atoms with Gasteiger partial charge in [0.05, 0.1) is 17.6 Å². The van der Waals surface area contributed by atoms with Crippen molar-refractivity contribution in [1.82, 2.24) is 10.6 Å². The number of ether oxygens (including phenoxy) is 3. The molecule has 268 valence electrons. The van der Waals surface area contributed by atoms with Crippen LogP contribution in [-0.4, -0.2) is 83.6 Å². The van der Waals surface area contributed by atoms with Gasteiger partial charge in [-0.1, -0.05) is 51.1 Å². The lowest BCUT2D eigenvalue weighted by Gasteiger charge is -2.53. The Hall–Kier alpha value is -4.78. The molecule has 50 heavy (non-hydrogen) atoms. The van der Waals surface area contributed by atoms with E-state index in [0.717, 1.165) is 5.56 Å². The summed E-state index contributed by atoms with van der Waals surface area (Å²) in [7, 11) is 1.40. The average Bonchev–Trinajstić information content (AvgIpc) is 3.34. The molecular formula is C37H44N2O11. The van der Waals surface area contributed by atoms with Gasteiger partial charge in [0.2, 0.25) is 11.7 Å². The Kier molecular flexibility index (Phi) is 10.1. The van der Waals surface area contributed by atoms with Gasteiger partial charge in [0.25, 0.3) is 0 Å². The van der Waals surface area contributed by atoms with Crippen molar-refractivity contribution >= 4 is 35.4 Å². The van der Waals surface area contributed by atoms with E-state index in [1.165, 1.54) is 20.2 Å². The molecule has 1 saturated heterocycles. The Morgan fingerprint density at radius 2 is 1.80 bits per heavy atom. The molecule has 1 amide bonds. The number of esters is 2. The number of aliphatic hydroxyl groups is 1. The fraction of sp³-hybridized carbons (Fsp3) is 0.514. The molecule has 3 aliphatic carbocycles. The zero-order valence-electron chi connectivity index (χ0n) is 29.0. The summed E-state index contributed by atoms with van der Waals surface area (Å²) in [6, 6.07) is 6.64. The SMILES string of the molecule is COC[C@@H]1OC(=O)/C(=C/N[C@H](Cc2ccccc2)C(=O)N[C@H](C(=O)O)C(C)C)C2=C(O)C(=O)C3=C([C@H](OC(C)=O)C[C@]4(C)C(=O)CC[C@@H]34)[C@@]21C. The maximum atomic E-state index is 14.3. The summed E-state index contributed by atoms with van der Waals surface area (Å²) in [5.74, 6) is -6.02. The minimum Gasteiger partial charge on any atom is -0.504 e. The molecule has 2 fully saturated rings. The van der Waals surface area contributed by atoms with Gasteiger partial charge in [-0.15, -0.1) is 0 Å². The lowest BCUT2D eigenvalue weighted by Crippen LogP contribution is -2.57. The van der Waals surface area contributed by atoms with Crippen LogP contribution < -0.4 is 10.6 Å². The first-order valence-corrected chi connectivity index (χ1v) is 16.7. The van der Waals surface area contributed by atoms with Crippen molar-refractivity contribution in [2.75, 3.05) is 13.7 Å². The maximum absolute atomic E-state index is 14.3. The Morgan fingerprint density at radius 3 is 2.40 bits per heavy atom. The highest BCUT2D eigenvalue weighted by atomic mass is 16.6. The van der Waals surface area contributed by atoms with Crippen LogP contribution in [-0.2, 0) is 49.4 Å². The first-order valence-electron chi connectivity index (χ1n) is 16.7. The number of aliphatic hydroxyl groups excluding tert-OH is 1. The van der Waals surface area contributed by atoms with Crippen LogP contribution in [0, 0.1) is 22.7 Å². The van der Waals surface area contributed by atoms with Gasteiger partial charge in [-0.25, -0.2) is 9.59 Å². The van der Waals surface area contributed by atoms with E-state index in [9.17, 15) is 39.0 Å². The number of fused-ring (bicyclic) bond motifs is 4. The van der Waals surface area contributed by atoms with Gasteiger partial charge in [0.15, 0.2) is 5.76 Å². The molecule has 0 radical (unpaired) electrons. The fourth-order valence-electron chi connectivity index (χ4n) is 8.12. The number of benzene rings is 1. The van der Waals surface area contributed by atoms with Gasteiger partial charge >= 0.3 is 17.9 Å². The molecule has 13 heteroatoms. The second-order valence-corrected chi connectivity index (χ2v) is 14.2. The average molecular weight is 693 g/mol. The zero-order valence-corrected chi connectivity index (χ0v) is 29.0. The molecule has 0 bridgehead atoms. The van der Waals surface area contributed by atoms with Gasteiger partial charge in [0, 0.05) is 62.0 Å². The zero-order chi connectivity index (χ0) is 36.7. The first kappa shape index (κ1) is 36.5. The number of allylic oxidation sites excluding steroid dienone is 1. The van der Waals surface area contributed by atoms with E-state index in [1.54, 1.807) is 58.0 Å². The highest BCUT2D eigenvalue weighted by molar-refractivity contribution is 6.14. The van der Waals surface area contributed by atoms with Crippen molar-refractivity contribution in [2.24, 2.45) is 22.7 Å². The number of ketones is 2. The van der Waals surface area contributed by atoms with Crippen molar-refractivity contribution in [3.05, 3.63) is 70.1 Å². The van der Waals surface area contributed by atoms with E-state index in [4.69, 9.17) is 14.2 Å². The van der Waals surface area contributed by atoms with Crippen LogP contribution >= 0.6 is 0 Å². The second kappa shape index (κ2) is 13.9. The number of rotatable bonds is 11. The predicted octanol–water partition coefficient (Wildman–Crippen LogP) is 2.89. The third-order valence-corrected chi connectivity index (χ3v) is 10.7. The van der Waals surface area contributed by atoms with Gasteiger partial charge in [-0.2, -0.15) is 0 Å². The Bertz CT molecular complexity index is 1710. The molecule has 1 heterocycles. The van der Waals surface area contributed by atoms with Gasteiger partial charge in [0.1, 0.15) is 30.1 Å². The van der Waals surface area contributed by atoms with Crippen LogP contribution in [0.1, 0.15) is 59.4 Å². The number of aliphatic carboxylic acids is 1. The summed E-state index contributed by atoms with van der Waals surface area (Å²) in [5, 5.41) is 27.0. The topological polar surface area (TPSA) is 195 Å². The smallest absolute Gasteiger partial charge is 0.340 e. The molecule has 4 N–H and O–H groups in total. The Labute approximate surface area is 290 Å². The van der Waals surface area contributed by atoms with Crippen LogP contribution in [0.4, 0.5) is 0 Å². The maximum Gasteiger partial charge on any atom is 0.340 e. The van der Waals surface area contributed by atoms with Crippen LogP contribution in [0.2, 0.25) is 0 Å². The molecule has 1 aliphatic heterocycles. The number of carbonyl (C=O) groups excluding carboxylic acids is 5. The molecule has 0 aromatic heterocycles. The third-order valence-electron chi connectivity index (χ3n) is 10.7. The van der Waals surface area contributed by atoms with Crippen molar-refractivity contribution < 1.29 is 53.2 Å². The summed E-state index contributed by atoms with van der Waals surface area (Å²) in [5.41, 5.74) is -1.60. The summed E-state index contributed by atoms with van der Waals surface area (Å²) in [4.78, 5) is 79.2. The molecular weight excluding hydrogens is 648 g/mol. The van der Waals surface area contributed by atoms with E-state index >= 15 is 0 Å². The van der Waals surface area contributed by atoms with Crippen molar-refractivity contribution in [1.29, 1.82) is 0 Å². The predicted molar refractivity (Wildman–Crippen MR) is 177 cm³/mol. The number of carboxylic acids is 1. The van der Waals surface area contributed by atoms with E-state index < -0.39 is 82.3 Å². The minimum absolute atomic E-state index is 0.0722. The summed E-state index contributed by atoms with van der Waals surface area (Å²) in [6.45, 7) is 7.81. The summed E-state index contributed by atoms with van der Waals surface area (Å²) >= 11 is 0. The lowest BCUT2D eigenvalue weighted by atomic mass is 9.53. The van der Waals surface area contributed by atoms with E-state index in [2.05, 4.69) is 10.6 Å². The third kappa shape index (κ3) is 6.23. The highest BCUT2D eigenvalue weighted by Gasteiger charge is 2.64. The number of carbonyl (C=O) groups is 6. The number of cyclic esters (lactones) is 1. The number of amides is 1. The van der Waals surface area contributed by atoms with Crippen LogP contribution in [0.25, 0.3) is 0 Å². The number of Topliss-reactive ketones (excluding diaryl/α,β-unsaturated/α-hetero) is 2. The monoisotopic (exact) mass is 692 g/mol. The quantitative estimate of drug-likeness (QED) is 0.196. The van der Waals surface area contributed by atoms with Crippen molar-refractivity contribution in [2.45, 2.75) is 84.6 Å². The summed E-state index contributed by atoms with van der Waals surface area (Å²) < 4.78 is 17.2. The van der Waals surface area contributed by atoms with E-state index in [0.29, 0.717) is 12.0 Å². The molecule has 1 saturated carbocycles. The van der Waals surface area contributed by atoms with Gasteiger partial charge in [-0.05, 0) is 30.4 Å². The Morgan fingerprint density at radius 1 is 1.12 bits per heavy atom. The van der Waals surface area contributed by atoms with Crippen molar-refractivity contribution in [3.8, 4) is 0 Å². The Balaban J connectivity index is 1.64. The van der Waals surface area contributed by atoms with Crippen LogP contribution in [0.15, 0.2) is 64.6 Å². The number of methoxy groups -OCH3 is 1. The second-order valence-electron chi connectivity index (χ2n) is 14.2. The fourth-order valence-corrected chi connectivity index (χ4v) is 8.12. The molecule has 0 unspecified atom stereocenters. The van der Waals surface area contributed by atoms with Crippen LogP contribution in [0.3, 0.4) is 0 Å². The van der Waals surface area contributed by atoms with E-state index in [1.807, 2.05) is 0 Å². The molecule has 0 spiro atoms. The van der Waals surface area contributed by atoms with Crippen LogP contribution in [0.5, 0.6) is 0 Å². The number of hydrogen-bond donors (Lipinski definition) is 4. The number of carboxylic acid groups (broad SMARTS) is 1. The largest absolute Gasteiger partial charge is 0.504 e. The number of nitrogens with one attached hydrogen (secondary N) is 2. The molecule has 4 aliphatic rings. The first-order chi connectivity index (χ1) is 23.6. The number of hydrogen-bond acceptors (Lipinski definition) is 11.